The number of aryl methyl sites for hydroxylation is 1. The van der Waals surface area contributed by atoms with Gasteiger partial charge in [-0.1, -0.05) is 0 Å². The molecule has 0 amide bonds. The van der Waals surface area contributed by atoms with Gasteiger partial charge in [-0.2, -0.15) is 0 Å². The molecule has 0 bridgehead atoms. The van der Waals surface area contributed by atoms with Crippen LogP contribution in [0.1, 0.15) is 16.7 Å². The van der Waals surface area contributed by atoms with E-state index in [1.165, 1.54) is 0 Å². The van der Waals surface area contributed by atoms with Crippen LogP contribution in [0.4, 0.5) is 0 Å². The summed E-state index contributed by atoms with van der Waals surface area (Å²) in [4.78, 5) is 11.8. The van der Waals surface area contributed by atoms with E-state index in [-0.39, 0.29) is 11.4 Å². The first-order valence-electron chi connectivity index (χ1n) is 5.65. The molecule has 2 N–H and O–H groups in total. The Morgan fingerprint density at radius 3 is 3.00 bits per heavy atom. The van der Waals surface area contributed by atoms with Gasteiger partial charge in [0, 0.05) is 6.54 Å². The maximum absolute atomic E-state index is 11.8. The Kier molecular flexibility index (Phi) is 2.19. The van der Waals surface area contributed by atoms with Crippen LogP contribution in [0.5, 0.6) is 5.75 Å². The lowest BCUT2D eigenvalue weighted by molar-refractivity contribution is 0.474. The molecule has 0 fully saturated rings. The summed E-state index contributed by atoms with van der Waals surface area (Å²) >= 11 is 0. The molecule has 0 spiro atoms. The third-order valence-corrected chi connectivity index (χ3v) is 3.19. The molecule has 17 heavy (non-hydrogen) atoms. The van der Waals surface area contributed by atoms with E-state index in [1.54, 1.807) is 12.1 Å². The van der Waals surface area contributed by atoms with Crippen LogP contribution >= 0.6 is 0 Å². The number of phenolic OH excluding ortho intramolecular Hbond substituents is 1. The highest BCUT2D eigenvalue weighted by atomic mass is 16.4. The van der Waals surface area contributed by atoms with E-state index in [2.05, 4.69) is 5.32 Å². The fraction of sp³-hybridized carbons (Fsp3) is 0.308. The van der Waals surface area contributed by atoms with Crippen molar-refractivity contribution in [2.24, 2.45) is 0 Å². The summed E-state index contributed by atoms with van der Waals surface area (Å²) in [5.74, 6) is 0.196. The van der Waals surface area contributed by atoms with Gasteiger partial charge in [-0.3, -0.25) is 0 Å². The zero-order chi connectivity index (χ0) is 12.0. The number of phenols is 1. The van der Waals surface area contributed by atoms with Gasteiger partial charge in [0.1, 0.15) is 11.3 Å². The molecule has 0 saturated heterocycles. The van der Waals surface area contributed by atoms with Gasteiger partial charge in [0.2, 0.25) is 0 Å². The van der Waals surface area contributed by atoms with Gasteiger partial charge in [0.15, 0.2) is 0 Å². The summed E-state index contributed by atoms with van der Waals surface area (Å²) in [5, 5.41) is 13.8. The van der Waals surface area contributed by atoms with Gasteiger partial charge in [-0.05, 0) is 43.1 Å². The fourth-order valence-electron chi connectivity index (χ4n) is 2.44. The summed E-state index contributed by atoms with van der Waals surface area (Å²) in [5.41, 5.74) is 2.63. The summed E-state index contributed by atoms with van der Waals surface area (Å²) in [6, 6.07) is 3.49. The second-order valence-corrected chi connectivity index (χ2v) is 4.43. The molecule has 2 heterocycles. The first-order chi connectivity index (χ1) is 8.16. The lowest BCUT2D eigenvalue weighted by atomic mass is 9.97. The molecule has 1 aliphatic heterocycles. The Morgan fingerprint density at radius 1 is 1.35 bits per heavy atom. The summed E-state index contributed by atoms with van der Waals surface area (Å²) in [7, 11) is 0. The Labute approximate surface area is 97.9 Å². The fourth-order valence-corrected chi connectivity index (χ4v) is 2.44. The van der Waals surface area contributed by atoms with Crippen LogP contribution in [0.15, 0.2) is 21.3 Å². The molecule has 0 unspecified atom stereocenters. The number of rotatable bonds is 0. The van der Waals surface area contributed by atoms with Crippen LogP contribution in [-0.4, -0.2) is 11.7 Å². The minimum atomic E-state index is -0.301. The van der Waals surface area contributed by atoms with Crippen LogP contribution < -0.4 is 10.9 Å². The van der Waals surface area contributed by atoms with E-state index < -0.39 is 0 Å². The van der Waals surface area contributed by atoms with Gasteiger partial charge in [0.05, 0.1) is 10.9 Å². The molecule has 1 aromatic heterocycles. The van der Waals surface area contributed by atoms with Crippen molar-refractivity contribution in [2.45, 2.75) is 19.9 Å². The molecule has 2 aromatic rings. The van der Waals surface area contributed by atoms with Crippen molar-refractivity contribution in [3.63, 3.8) is 0 Å². The number of nitrogens with one attached hydrogen (secondary N) is 1. The van der Waals surface area contributed by atoms with Crippen molar-refractivity contribution in [3.8, 4) is 5.75 Å². The van der Waals surface area contributed by atoms with E-state index in [0.29, 0.717) is 23.1 Å². The molecule has 4 heteroatoms. The molecule has 1 aromatic carbocycles. The lowest BCUT2D eigenvalue weighted by Gasteiger charge is -2.17. The molecule has 0 radical (unpaired) electrons. The van der Waals surface area contributed by atoms with Gasteiger partial charge in [-0.15, -0.1) is 0 Å². The SMILES string of the molecule is Cc1cc(O)c2c3c(c(=O)oc2c1)CNCC3. The first-order valence-corrected chi connectivity index (χ1v) is 5.65. The lowest BCUT2D eigenvalue weighted by Crippen LogP contribution is -2.29. The van der Waals surface area contributed by atoms with Gasteiger partial charge in [-0.25, -0.2) is 4.79 Å². The number of benzene rings is 1. The molecule has 0 saturated carbocycles. The average molecular weight is 231 g/mol. The largest absolute Gasteiger partial charge is 0.507 e. The van der Waals surface area contributed by atoms with Crippen LogP contribution in [0.3, 0.4) is 0 Å². The highest BCUT2D eigenvalue weighted by Crippen LogP contribution is 2.31. The van der Waals surface area contributed by atoms with Crippen LogP contribution in [-0.2, 0) is 13.0 Å². The standard InChI is InChI=1S/C13H13NO3/c1-7-4-10(15)12-8-2-3-14-6-9(8)13(16)17-11(12)5-7/h4-5,14-15H,2-3,6H2,1H3. The minimum absolute atomic E-state index is 0.196. The van der Waals surface area contributed by atoms with Gasteiger partial charge in [0.25, 0.3) is 0 Å². The van der Waals surface area contributed by atoms with Crippen molar-refractivity contribution in [3.05, 3.63) is 39.2 Å². The van der Waals surface area contributed by atoms with E-state index in [4.69, 9.17) is 4.42 Å². The maximum atomic E-state index is 11.8. The number of hydrogen-bond acceptors (Lipinski definition) is 4. The second-order valence-electron chi connectivity index (χ2n) is 4.43. The third-order valence-electron chi connectivity index (χ3n) is 3.19. The van der Waals surface area contributed by atoms with E-state index in [9.17, 15) is 9.90 Å². The van der Waals surface area contributed by atoms with E-state index in [0.717, 1.165) is 24.1 Å². The molecule has 3 rings (SSSR count). The van der Waals surface area contributed by atoms with Crippen LogP contribution in [0.2, 0.25) is 0 Å². The molecular weight excluding hydrogens is 218 g/mol. The van der Waals surface area contributed by atoms with Gasteiger partial charge < -0.3 is 14.8 Å². The summed E-state index contributed by atoms with van der Waals surface area (Å²) < 4.78 is 5.27. The Hall–Kier alpha value is -1.81. The zero-order valence-electron chi connectivity index (χ0n) is 9.54. The molecule has 1 aliphatic rings. The highest BCUT2D eigenvalue weighted by Gasteiger charge is 2.19. The molecule has 0 aliphatic carbocycles. The quantitative estimate of drug-likeness (QED) is 0.674. The topological polar surface area (TPSA) is 62.5 Å². The van der Waals surface area contributed by atoms with Gasteiger partial charge >= 0.3 is 5.63 Å². The van der Waals surface area contributed by atoms with Crippen molar-refractivity contribution >= 4 is 11.0 Å². The highest BCUT2D eigenvalue weighted by molar-refractivity contribution is 5.88. The molecule has 4 nitrogen and oxygen atoms in total. The Balaban J connectivity index is 2.47. The third kappa shape index (κ3) is 1.52. The van der Waals surface area contributed by atoms with Crippen molar-refractivity contribution in [2.75, 3.05) is 6.54 Å². The second kappa shape index (κ2) is 3.60. The first kappa shape index (κ1) is 10.4. The van der Waals surface area contributed by atoms with E-state index >= 15 is 0 Å². The summed E-state index contributed by atoms with van der Waals surface area (Å²) in [6.45, 7) is 3.19. The number of hydrogen-bond donors (Lipinski definition) is 2. The van der Waals surface area contributed by atoms with Crippen molar-refractivity contribution < 1.29 is 9.52 Å². The predicted molar refractivity (Wildman–Crippen MR) is 64.3 cm³/mol. The van der Waals surface area contributed by atoms with Crippen molar-refractivity contribution in [1.29, 1.82) is 0 Å². The molecule has 0 atom stereocenters. The maximum Gasteiger partial charge on any atom is 0.341 e. The predicted octanol–water partition coefficient (Wildman–Crippen LogP) is 1.45. The van der Waals surface area contributed by atoms with E-state index in [1.807, 2.05) is 6.92 Å². The molecular formula is C13H13NO3. The smallest absolute Gasteiger partial charge is 0.341 e. The normalized spacial score (nSPS) is 14.9. The average Bonchev–Trinajstić information content (AvgIpc) is 2.28. The van der Waals surface area contributed by atoms with Crippen LogP contribution in [0.25, 0.3) is 11.0 Å². The Morgan fingerprint density at radius 2 is 2.18 bits per heavy atom. The number of fused-ring (bicyclic) bond motifs is 3. The molecule has 88 valence electrons. The van der Waals surface area contributed by atoms with Crippen LogP contribution in [0, 0.1) is 6.92 Å². The minimum Gasteiger partial charge on any atom is -0.507 e. The monoisotopic (exact) mass is 231 g/mol. The summed E-state index contributed by atoms with van der Waals surface area (Å²) in [6.07, 6.45) is 0.744. The van der Waals surface area contributed by atoms with Crippen molar-refractivity contribution in [1.82, 2.24) is 5.32 Å². The zero-order valence-corrected chi connectivity index (χ0v) is 9.54. The number of aromatic hydroxyl groups is 1. The Bertz CT molecular complexity index is 658.